The Kier molecular flexibility index (Phi) is 4.06. The van der Waals surface area contributed by atoms with Gasteiger partial charge in [-0.2, -0.15) is 0 Å². The van der Waals surface area contributed by atoms with Gasteiger partial charge in [0.2, 0.25) is 0 Å². The lowest BCUT2D eigenvalue weighted by Gasteiger charge is -2.08. The van der Waals surface area contributed by atoms with Crippen molar-refractivity contribution in [3.05, 3.63) is 53.7 Å². The van der Waals surface area contributed by atoms with E-state index in [1.165, 1.54) is 17.3 Å². The Balaban J connectivity index is 1.86. The molecule has 2 aromatic heterocycles. The van der Waals surface area contributed by atoms with Gasteiger partial charge >= 0.3 is 0 Å². The molecule has 0 aliphatic rings. The molecule has 6 nitrogen and oxygen atoms in total. The Morgan fingerprint density at radius 1 is 1.18 bits per heavy atom. The molecule has 0 aliphatic heterocycles. The molecule has 0 amide bonds. The first-order chi connectivity index (χ1) is 10.6. The van der Waals surface area contributed by atoms with Crippen LogP contribution in [0.4, 0.5) is 5.82 Å². The molecule has 22 heavy (non-hydrogen) atoms. The second kappa shape index (κ2) is 6.15. The van der Waals surface area contributed by atoms with E-state index in [1.54, 1.807) is 12.3 Å². The maximum absolute atomic E-state index is 5.68. The average Bonchev–Trinajstić information content (AvgIpc) is 2.86. The minimum Gasteiger partial charge on any atom is -0.384 e. The molecule has 0 saturated heterocycles. The zero-order valence-corrected chi connectivity index (χ0v) is 13.2. The Hall–Kier alpha value is -2.41. The average molecular weight is 312 g/mol. The van der Waals surface area contributed by atoms with E-state index in [9.17, 15) is 0 Å². The third-order valence-electron chi connectivity index (χ3n) is 3.11. The number of nitrogens with two attached hydrogens (primary N) is 1. The number of aromatic nitrogens is 5. The second-order valence-corrected chi connectivity index (χ2v) is 5.83. The number of aryl methyl sites for hydroxylation is 2. The Bertz CT molecular complexity index is 798. The molecule has 0 unspecified atom stereocenters. The molecule has 3 aromatic rings. The fourth-order valence-electron chi connectivity index (χ4n) is 2.11. The lowest BCUT2D eigenvalue weighted by Crippen LogP contribution is -2.01. The molecule has 0 saturated carbocycles. The zero-order chi connectivity index (χ0) is 15.5. The number of nitrogens with zero attached hydrogens (tertiary/aromatic N) is 5. The molecule has 0 radical (unpaired) electrons. The van der Waals surface area contributed by atoms with E-state index >= 15 is 0 Å². The highest BCUT2D eigenvalue weighted by Crippen LogP contribution is 2.24. The standard InChI is InChI=1S/C15H16N6S/c1-10-4-3-5-12(8-10)21-11(2)19-20-15(21)22-9-14-17-7-6-13(16)18-14/h3-8H,9H2,1-2H3,(H2,16,17,18). The van der Waals surface area contributed by atoms with Gasteiger partial charge in [0, 0.05) is 11.9 Å². The lowest BCUT2D eigenvalue weighted by atomic mass is 10.2. The second-order valence-electron chi connectivity index (χ2n) is 4.89. The van der Waals surface area contributed by atoms with Gasteiger partial charge in [0.05, 0.1) is 5.75 Å². The molecular weight excluding hydrogens is 296 g/mol. The molecule has 2 heterocycles. The fourth-order valence-corrected chi connectivity index (χ4v) is 2.98. The Morgan fingerprint density at radius 3 is 2.82 bits per heavy atom. The van der Waals surface area contributed by atoms with E-state index in [-0.39, 0.29) is 0 Å². The number of benzene rings is 1. The van der Waals surface area contributed by atoms with E-state index in [1.807, 2.05) is 23.6 Å². The summed E-state index contributed by atoms with van der Waals surface area (Å²) in [6.45, 7) is 4.01. The summed E-state index contributed by atoms with van der Waals surface area (Å²) in [5.74, 6) is 2.60. The topological polar surface area (TPSA) is 82.5 Å². The van der Waals surface area contributed by atoms with Crippen molar-refractivity contribution in [3.8, 4) is 5.69 Å². The van der Waals surface area contributed by atoms with Gasteiger partial charge in [-0.05, 0) is 37.6 Å². The van der Waals surface area contributed by atoms with Crippen LogP contribution in [0.15, 0.2) is 41.7 Å². The van der Waals surface area contributed by atoms with Crippen LogP contribution in [0, 0.1) is 13.8 Å². The highest BCUT2D eigenvalue weighted by atomic mass is 32.2. The first-order valence-corrected chi connectivity index (χ1v) is 7.81. The first-order valence-electron chi connectivity index (χ1n) is 6.83. The van der Waals surface area contributed by atoms with Gasteiger partial charge in [-0.3, -0.25) is 4.57 Å². The van der Waals surface area contributed by atoms with E-state index in [0.717, 1.165) is 16.7 Å². The van der Waals surface area contributed by atoms with Crippen LogP contribution in [-0.2, 0) is 5.75 Å². The Labute approximate surface area is 132 Å². The third kappa shape index (κ3) is 3.09. The summed E-state index contributed by atoms with van der Waals surface area (Å²) >= 11 is 1.54. The van der Waals surface area contributed by atoms with Crippen LogP contribution in [0.3, 0.4) is 0 Å². The molecule has 0 atom stereocenters. The quantitative estimate of drug-likeness (QED) is 0.745. The summed E-state index contributed by atoms with van der Waals surface area (Å²) in [7, 11) is 0. The number of thioether (sulfide) groups is 1. The lowest BCUT2D eigenvalue weighted by molar-refractivity contribution is 0.865. The number of rotatable bonds is 4. The van der Waals surface area contributed by atoms with E-state index in [0.29, 0.717) is 17.4 Å². The minimum absolute atomic E-state index is 0.474. The summed E-state index contributed by atoms with van der Waals surface area (Å²) in [4.78, 5) is 8.41. The smallest absolute Gasteiger partial charge is 0.196 e. The van der Waals surface area contributed by atoms with Gasteiger partial charge in [0.1, 0.15) is 17.5 Å². The number of hydrogen-bond donors (Lipinski definition) is 1. The van der Waals surface area contributed by atoms with Crippen LogP contribution < -0.4 is 5.73 Å². The van der Waals surface area contributed by atoms with E-state index < -0.39 is 0 Å². The van der Waals surface area contributed by atoms with Crippen molar-refractivity contribution < 1.29 is 0 Å². The molecule has 1 aromatic carbocycles. The molecule has 3 rings (SSSR count). The predicted molar refractivity (Wildman–Crippen MR) is 86.8 cm³/mol. The van der Waals surface area contributed by atoms with Crippen molar-refractivity contribution >= 4 is 17.6 Å². The van der Waals surface area contributed by atoms with Crippen molar-refractivity contribution in [3.63, 3.8) is 0 Å². The fraction of sp³-hybridized carbons (Fsp3) is 0.200. The van der Waals surface area contributed by atoms with Crippen LogP contribution in [0.1, 0.15) is 17.2 Å². The summed E-state index contributed by atoms with van der Waals surface area (Å²) in [5.41, 5.74) is 7.92. The van der Waals surface area contributed by atoms with Crippen LogP contribution in [0.25, 0.3) is 5.69 Å². The summed E-state index contributed by atoms with van der Waals surface area (Å²) in [6.07, 6.45) is 1.66. The molecule has 2 N–H and O–H groups in total. The highest BCUT2D eigenvalue weighted by Gasteiger charge is 2.12. The summed E-state index contributed by atoms with van der Waals surface area (Å²) < 4.78 is 2.03. The van der Waals surface area contributed by atoms with Gasteiger partial charge in [-0.25, -0.2) is 9.97 Å². The van der Waals surface area contributed by atoms with Crippen LogP contribution in [-0.4, -0.2) is 24.7 Å². The monoisotopic (exact) mass is 312 g/mol. The van der Waals surface area contributed by atoms with Gasteiger partial charge in [0.25, 0.3) is 0 Å². The van der Waals surface area contributed by atoms with Crippen LogP contribution in [0.2, 0.25) is 0 Å². The van der Waals surface area contributed by atoms with Crippen molar-refractivity contribution in [2.75, 3.05) is 5.73 Å². The molecule has 7 heteroatoms. The minimum atomic E-state index is 0.474. The van der Waals surface area contributed by atoms with Gasteiger partial charge in [-0.1, -0.05) is 23.9 Å². The van der Waals surface area contributed by atoms with Crippen molar-refractivity contribution in [1.29, 1.82) is 0 Å². The van der Waals surface area contributed by atoms with E-state index in [4.69, 9.17) is 5.73 Å². The highest BCUT2D eigenvalue weighted by molar-refractivity contribution is 7.98. The predicted octanol–water partition coefficient (Wildman–Crippen LogP) is 2.55. The van der Waals surface area contributed by atoms with Crippen molar-refractivity contribution in [2.24, 2.45) is 0 Å². The van der Waals surface area contributed by atoms with Gasteiger partial charge < -0.3 is 5.73 Å². The van der Waals surface area contributed by atoms with E-state index in [2.05, 4.69) is 39.2 Å². The molecule has 0 bridgehead atoms. The van der Waals surface area contributed by atoms with Crippen LogP contribution >= 0.6 is 11.8 Å². The number of nitrogen functional groups attached to an aromatic ring is 1. The van der Waals surface area contributed by atoms with Gasteiger partial charge in [0.15, 0.2) is 5.16 Å². The first kappa shape index (κ1) is 14.5. The molecule has 0 fully saturated rings. The van der Waals surface area contributed by atoms with Gasteiger partial charge in [-0.15, -0.1) is 10.2 Å². The summed E-state index contributed by atoms with van der Waals surface area (Å²) in [5, 5.41) is 9.24. The molecule has 112 valence electrons. The SMILES string of the molecule is Cc1cccc(-n2c(C)nnc2SCc2nccc(N)n2)c1. The molecule has 0 aliphatic carbocycles. The Morgan fingerprint density at radius 2 is 2.05 bits per heavy atom. The maximum atomic E-state index is 5.68. The van der Waals surface area contributed by atoms with Crippen molar-refractivity contribution in [1.82, 2.24) is 24.7 Å². The normalized spacial score (nSPS) is 10.8. The van der Waals surface area contributed by atoms with Crippen molar-refractivity contribution in [2.45, 2.75) is 24.8 Å². The number of anilines is 1. The third-order valence-corrected chi connectivity index (χ3v) is 4.04. The van der Waals surface area contributed by atoms with Crippen LogP contribution in [0.5, 0.6) is 0 Å². The summed E-state index contributed by atoms with van der Waals surface area (Å²) in [6, 6.07) is 9.92. The zero-order valence-electron chi connectivity index (χ0n) is 12.4. The molecule has 0 spiro atoms. The molecular formula is C15H16N6S. The number of hydrogen-bond acceptors (Lipinski definition) is 6. The maximum Gasteiger partial charge on any atom is 0.196 e. The largest absolute Gasteiger partial charge is 0.384 e.